The van der Waals surface area contributed by atoms with Crippen LogP contribution in [0.4, 0.5) is 27.6 Å². The number of ether oxygens (including phenoxy) is 1. The van der Waals surface area contributed by atoms with Gasteiger partial charge in [-0.15, -0.1) is 0 Å². The van der Waals surface area contributed by atoms with Gasteiger partial charge in [0.25, 0.3) is 10.0 Å². The highest BCUT2D eigenvalue weighted by atomic mass is 35.5. The normalized spacial score (nSPS) is 15.9. The first-order chi connectivity index (χ1) is 18.7. The SMILES string of the molecule is CC(=Cc1cc(F)c2c(c1)N(S(=O)(=O)c1cccc(C(F)(F)F)c1)CC(CCC(=O)O)O2)c1c(F)cccc1Cl. The number of rotatable bonds is 7. The molecule has 0 aromatic heterocycles. The molecule has 0 saturated heterocycles. The second kappa shape index (κ2) is 11.1. The summed E-state index contributed by atoms with van der Waals surface area (Å²) in [7, 11) is -4.72. The third kappa shape index (κ3) is 6.07. The highest BCUT2D eigenvalue weighted by Crippen LogP contribution is 2.42. The smallest absolute Gasteiger partial charge is 0.416 e. The predicted molar refractivity (Wildman–Crippen MR) is 139 cm³/mol. The van der Waals surface area contributed by atoms with Crippen LogP contribution in [0, 0.1) is 11.6 Å². The number of hydrogen-bond acceptors (Lipinski definition) is 4. The van der Waals surface area contributed by atoms with Crippen LogP contribution in [0.25, 0.3) is 11.6 Å². The largest absolute Gasteiger partial charge is 0.483 e. The molecule has 1 N–H and O–H groups in total. The summed E-state index contributed by atoms with van der Waals surface area (Å²) in [6.45, 7) is 1.01. The van der Waals surface area contributed by atoms with Gasteiger partial charge in [0, 0.05) is 12.0 Å². The Kier molecular flexibility index (Phi) is 8.13. The monoisotopic (exact) mass is 601 g/mol. The van der Waals surface area contributed by atoms with E-state index in [1.54, 1.807) is 0 Å². The lowest BCUT2D eigenvalue weighted by molar-refractivity contribution is -0.138. The third-order valence-electron chi connectivity index (χ3n) is 6.14. The molecule has 212 valence electrons. The lowest BCUT2D eigenvalue weighted by Gasteiger charge is -2.36. The van der Waals surface area contributed by atoms with E-state index in [4.69, 9.17) is 21.4 Å². The fraction of sp³-hybridized carbons (Fsp3) is 0.222. The molecule has 1 atom stereocenters. The Hall–Kier alpha value is -3.64. The Bertz CT molecular complexity index is 1590. The lowest BCUT2D eigenvalue weighted by atomic mass is 10.0. The topological polar surface area (TPSA) is 83.9 Å². The zero-order valence-corrected chi connectivity index (χ0v) is 22.2. The number of fused-ring (bicyclic) bond motifs is 1. The highest BCUT2D eigenvalue weighted by molar-refractivity contribution is 7.92. The number of carboxylic acid groups (broad SMARTS) is 1. The summed E-state index contributed by atoms with van der Waals surface area (Å²) in [6, 6.07) is 9.35. The van der Waals surface area contributed by atoms with Crippen molar-refractivity contribution >= 4 is 44.9 Å². The van der Waals surface area contributed by atoms with Crippen LogP contribution in [0.5, 0.6) is 5.75 Å². The second-order valence-electron chi connectivity index (χ2n) is 9.01. The highest BCUT2D eigenvalue weighted by Gasteiger charge is 2.38. The standard InChI is InChI=1S/C27H21ClF5NO5S/c1-15(25-20(28)6-3-7-21(25)29)10-16-11-22(30)26-23(12-16)34(14-18(39-26)8-9-24(35)36)40(37,38)19-5-2-4-17(13-19)27(31,32)33/h2-7,10-13,18H,8-9,14H2,1H3,(H,35,36). The summed E-state index contributed by atoms with van der Waals surface area (Å²) in [5.41, 5.74) is -1.11. The van der Waals surface area contributed by atoms with Gasteiger partial charge in [-0.3, -0.25) is 9.10 Å². The van der Waals surface area contributed by atoms with Crippen LogP contribution in [0.3, 0.4) is 0 Å². The quantitative estimate of drug-likeness (QED) is 0.232. The van der Waals surface area contributed by atoms with Crippen LogP contribution < -0.4 is 9.04 Å². The van der Waals surface area contributed by atoms with Crippen molar-refractivity contribution in [3.05, 3.63) is 87.9 Å². The summed E-state index contributed by atoms with van der Waals surface area (Å²) in [6.07, 6.45) is -5.20. The summed E-state index contributed by atoms with van der Waals surface area (Å²) in [4.78, 5) is 10.4. The Morgan fingerprint density at radius 1 is 1.12 bits per heavy atom. The van der Waals surface area contributed by atoms with Gasteiger partial charge in [0.15, 0.2) is 11.6 Å². The molecule has 0 amide bonds. The molecule has 0 aliphatic carbocycles. The van der Waals surface area contributed by atoms with E-state index in [0.717, 1.165) is 18.2 Å². The van der Waals surface area contributed by atoms with E-state index >= 15 is 4.39 Å². The number of alkyl halides is 3. The van der Waals surface area contributed by atoms with Gasteiger partial charge in [0.1, 0.15) is 11.9 Å². The van der Waals surface area contributed by atoms with Crippen molar-refractivity contribution in [2.75, 3.05) is 10.8 Å². The molecule has 1 heterocycles. The molecule has 0 spiro atoms. The van der Waals surface area contributed by atoms with Gasteiger partial charge < -0.3 is 9.84 Å². The van der Waals surface area contributed by atoms with Crippen molar-refractivity contribution in [2.45, 2.75) is 36.9 Å². The van der Waals surface area contributed by atoms with E-state index in [1.165, 1.54) is 37.3 Å². The summed E-state index contributed by atoms with van der Waals surface area (Å²) in [5.74, 6) is -3.38. The number of carboxylic acids is 1. The number of carbonyl (C=O) groups is 1. The Morgan fingerprint density at radius 2 is 1.82 bits per heavy atom. The van der Waals surface area contributed by atoms with Crippen molar-refractivity contribution in [2.24, 2.45) is 0 Å². The fourth-order valence-corrected chi connectivity index (χ4v) is 6.14. The van der Waals surface area contributed by atoms with E-state index in [1.807, 2.05) is 0 Å². The molecular formula is C27H21ClF5NO5S. The molecule has 0 fully saturated rings. The van der Waals surface area contributed by atoms with Gasteiger partial charge in [0.2, 0.25) is 0 Å². The van der Waals surface area contributed by atoms with E-state index in [2.05, 4.69) is 0 Å². The lowest BCUT2D eigenvalue weighted by Crippen LogP contribution is -2.44. The van der Waals surface area contributed by atoms with E-state index in [0.29, 0.717) is 16.4 Å². The maximum Gasteiger partial charge on any atom is 0.416 e. The number of benzene rings is 3. The number of aliphatic carboxylic acids is 1. The number of nitrogens with zero attached hydrogens (tertiary/aromatic N) is 1. The molecule has 0 radical (unpaired) electrons. The third-order valence-corrected chi connectivity index (χ3v) is 8.23. The number of allylic oxidation sites excluding steroid dienone is 1. The number of halogens is 6. The minimum atomic E-state index is -4.83. The zero-order chi connectivity index (χ0) is 29.4. The van der Waals surface area contributed by atoms with Gasteiger partial charge in [-0.25, -0.2) is 17.2 Å². The van der Waals surface area contributed by atoms with Gasteiger partial charge >= 0.3 is 12.1 Å². The first-order valence-electron chi connectivity index (χ1n) is 11.7. The van der Waals surface area contributed by atoms with Gasteiger partial charge in [-0.05, 0) is 66.9 Å². The van der Waals surface area contributed by atoms with E-state index in [9.17, 15) is 30.8 Å². The maximum absolute atomic E-state index is 15.4. The first kappa shape index (κ1) is 29.3. The molecule has 0 bridgehead atoms. The summed E-state index contributed by atoms with van der Waals surface area (Å²) < 4.78 is 103. The fourth-order valence-electron chi connectivity index (χ4n) is 4.29. The van der Waals surface area contributed by atoms with Crippen molar-refractivity contribution in [3.8, 4) is 5.75 Å². The first-order valence-corrected chi connectivity index (χ1v) is 13.5. The maximum atomic E-state index is 15.4. The number of anilines is 1. The molecule has 4 rings (SSSR count). The van der Waals surface area contributed by atoms with Crippen LogP contribution in [-0.4, -0.2) is 32.1 Å². The Labute approximate surface area is 231 Å². The minimum Gasteiger partial charge on any atom is -0.483 e. The van der Waals surface area contributed by atoms with Crippen molar-refractivity contribution < 1.29 is 45.0 Å². The average Bonchev–Trinajstić information content (AvgIpc) is 2.86. The van der Waals surface area contributed by atoms with Crippen LogP contribution in [0.15, 0.2) is 59.5 Å². The molecule has 0 saturated carbocycles. The molecule has 6 nitrogen and oxygen atoms in total. The van der Waals surface area contributed by atoms with Crippen molar-refractivity contribution in [3.63, 3.8) is 0 Å². The summed E-state index contributed by atoms with van der Waals surface area (Å²) in [5, 5.41) is 9.14. The van der Waals surface area contributed by atoms with Crippen molar-refractivity contribution in [1.29, 1.82) is 0 Å². The average molecular weight is 602 g/mol. The molecule has 1 unspecified atom stereocenters. The van der Waals surface area contributed by atoms with Crippen molar-refractivity contribution in [1.82, 2.24) is 0 Å². The Balaban J connectivity index is 1.85. The van der Waals surface area contributed by atoms with Crippen LogP contribution in [-0.2, 0) is 21.0 Å². The molecule has 40 heavy (non-hydrogen) atoms. The number of sulfonamides is 1. The van der Waals surface area contributed by atoms with E-state index < -0.39 is 69.1 Å². The van der Waals surface area contributed by atoms with Crippen LogP contribution in [0.2, 0.25) is 5.02 Å². The molecule has 1 aliphatic heterocycles. The van der Waals surface area contributed by atoms with Gasteiger partial charge in [0.05, 0.1) is 27.7 Å². The second-order valence-corrected chi connectivity index (χ2v) is 11.3. The minimum absolute atomic E-state index is 0.0423. The Morgan fingerprint density at radius 3 is 2.48 bits per heavy atom. The molecule has 13 heteroatoms. The molecular weight excluding hydrogens is 581 g/mol. The molecule has 3 aromatic rings. The summed E-state index contributed by atoms with van der Waals surface area (Å²) >= 11 is 6.12. The van der Waals surface area contributed by atoms with Gasteiger partial charge in [-0.2, -0.15) is 13.2 Å². The van der Waals surface area contributed by atoms with Crippen LogP contribution in [0.1, 0.15) is 36.5 Å². The number of hydrogen-bond donors (Lipinski definition) is 1. The zero-order valence-electron chi connectivity index (χ0n) is 20.7. The van der Waals surface area contributed by atoms with E-state index in [-0.39, 0.29) is 33.8 Å². The van der Waals surface area contributed by atoms with Crippen LogP contribution >= 0.6 is 11.6 Å². The van der Waals surface area contributed by atoms with Gasteiger partial charge in [-0.1, -0.05) is 29.8 Å². The molecule has 1 aliphatic rings. The predicted octanol–water partition coefficient (Wildman–Crippen LogP) is 7.02. The molecule has 3 aromatic carbocycles.